The van der Waals surface area contributed by atoms with Crippen LogP contribution < -0.4 is 5.32 Å². The Morgan fingerprint density at radius 2 is 1.72 bits per heavy atom. The smallest absolute Gasteiger partial charge is 0.408 e. The number of nitrogens with one attached hydrogen (secondary N) is 1. The number of ether oxygens (including phenoxy) is 6. The molecule has 1 aromatic carbocycles. The van der Waals surface area contributed by atoms with E-state index < -0.39 is 95.3 Å². The van der Waals surface area contributed by atoms with Gasteiger partial charge in [-0.3, -0.25) is 9.59 Å². The van der Waals surface area contributed by atoms with Crippen molar-refractivity contribution in [1.82, 2.24) is 10.2 Å². The highest BCUT2D eigenvalue weighted by Gasteiger charge is 2.60. The molecule has 3 fully saturated rings. The van der Waals surface area contributed by atoms with Crippen LogP contribution >= 0.6 is 0 Å². The van der Waals surface area contributed by atoms with Crippen LogP contribution in [0.4, 0.5) is 4.79 Å². The van der Waals surface area contributed by atoms with Crippen molar-refractivity contribution in [1.29, 1.82) is 0 Å². The molecule has 0 aliphatic carbocycles. The fourth-order valence-electron chi connectivity index (χ4n) is 9.10. The monoisotopic (exact) mass is 748 g/mol. The second-order valence-corrected chi connectivity index (χ2v) is 16.4. The van der Waals surface area contributed by atoms with Crippen molar-refractivity contribution >= 4 is 18.0 Å². The first-order valence-corrected chi connectivity index (χ1v) is 19.1. The number of cyclic esters (lactones) is 1. The molecule has 1 amide bonds. The molecule has 13 heteroatoms. The third kappa shape index (κ3) is 8.86. The van der Waals surface area contributed by atoms with Crippen LogP contribution in [0.5, 0.6) is 0 Å². The van der Waals surface area contributed by atoms with E-state index in [9.17, 15) is 24.6 Å². The van der Waals surface area contributed by atoms with Crippen LogP contribution in [0, 0.1) is 23.7 Å². The minimum Gasteiger partial charge on any atom is -0.458 e. The summed E-state index contributed by atoms with van der Waals surface area (Å²) in [6.45, 7) is 15.9. The van der Waals surface area contributed by atoms with Crippen LogP contribution in [0.3, 0.4) is 0 Å². The molecule has 53 heavy (non-hydrogen) atoms. The minimum atomic E-state index is -1.49. The predicted octanol–water partition coefficient (Wildman–Crippen LogP) is 4.25. The van der Waals surface area contributed by atoms with Gasteiger partial charge in [-0.1, -0.05) is 58.0 Å². The number of nitrogens with zero attached hydrogens (tertiary/aromatic N) is 1. The summed E-state index contributed by atoms with van der Waals surface area (Å²) in [6, 6.07) is 8.61. The Bertz CT molecular complexity index is 1410. The Hall–Kier alpha value is -2.81. The number of rotatable bonds is 8. The van der Waals surface area contributed by atoms with Gasteiger partial charge in [-0.2, -0.15) is 0 Å². The number of aliphatic hydroxyl groups excluding tert-OH is 1. The normalized spacial score (nSPS) is 42.8. The zero-order valence-corrected chi connectivity index (χ0v) is 33.7. The van der Waals surface area contributed by atoms with E-state index in [1.807, 2.05) is 83.9 Å². The van der Waals surface area contributed by atoms with Gasteiger partial charge in [-0.15, -0.1) is 0 Å². The number of likely N-dealkylation sites (N-methyl/N-ethyl adjacent to an activating group) is 1. The number of benzene rings is 1. The summed E-state index contributed by atoms with van der Waals surface area (Å²) in [6.07, 6.45) is -4.65. The van der Waals surface area contributed by atoms with E-state index in [4.69, 9.17) is 28.4 Å². The summed E-state index contributed by atoms with van der Waals surface area (Å²) in [5.41, 5.74) is -3.17. The molecule has 0 aromatic heterocycles. The molecular formula is C40H64N2O11. The van der Waals surface area contributed by atoms with Crippen LogP contribution in [0.15, 0.2) is 30.3 Å². The summed E-state index contributed by atoms with van der Waals surface area (Å²) >= 11 is 0. The Morgan fingerprint density at radius 1 is 1.08 bits per heavy atom. The van der Waals surface area contributed by atoms with Crippen molar-refractivity contribution < 1.29 is 53.0 Å². The number of carbonyl (C=O) groups excluding carboxylic acids is 3. The molecular weight excluding hydrogens is 684 g/mol. The highest BCUT2D eigenvalue weighted by molar-refractivity contribution is 5.74. The lowest BCUT2D eigenvalue weighted by Gasteiger charge is -2.51. The number of esters is 2. The van der Waals surface area contributed by atoms with E-state index >= 15 is 0 Å². The summed E-state index contributed by atoms with van der Waals surface area (Å²) < 4.78 is 37.6. The second kappa shape index (κ2) is 16.9. The number of hydrogen-bond donors (Lipinski definition) is 3. The summed E-state index contributed by atoms with van der Waals surface area (Å²) in [7, 11) is 5.35. The number of alkyl carbamates (subject to hydrolysis) is 1. The van der Waals surface area contributed by atoms with Gasteiger partial charge >= 0.3 is 18.0 Å². The second-order valence-electron chi connectivity index (χ2n) is 16.4. The number of amides is 1. The van der Waals surface area contributed by atoms with Crippen molar-refractivity contribution in [3.8, 4) is 0 Å². The minimum absolute atomic E-state index is 0.213. The fraction of sp³-hybridized carbons (Fsp3) is 0.775. The largest absolute Gasteiger partial charge is 0.458 e. The molecule has 1 aromatic rings. The van der Waals surface area contributed by atoms with E-state index in [2.05, 4.69) is 5.32 Å². The summed E-state index contributed by atoms with van der Waals surface area (Å²) in [5.74, 6) is -4.13. The maximum absolute atomic E-state index is 13.9. The number of carbonyl (C=O) groups is 3. The highest BCUT2D eigenvalue weighted by atomic mass is 16.7. The first-order chi connectivity index (χ1) is 24.7. The van der Waals surface area contributed by atoms with E-state index in [1.165, 1.54) is 6.92 Å². The lowest BCUT2D eigenvalue weighted by atomic mass is 9.64. The van der Waals surface area contributed by atoms with Gasteiger partial charge in [0.2, 0.25) is 0 Å². The van der Waals surface area contributed by atoms with Gasteiger partial charge in [0, 0.05) is 32.3 Å². The van der Waals surface area contributed by atoms with Crippen molar-refractivity contribution in [3.63, 3.8) is 0 Å². The fourth-order valence-corrected chi connectivity index (χ4v) is 9.10. The molecule has 0 bridgehead atoms. The Kier molecular flexibility index (Phi) is 13.7. The lowest BCUT2D eigenvalue weighted by molar-refractivity contribution is -0.305. The standard InChI is InChI=1S/C40H64N2O11/c1-13-30-39(9)33(41-37(46)53-39)26(6)40(47,21-28-17-15-14-16-18-28)22(2)20-38(8,48-12)34(24(4)31(44)25(5)35(45)51-30)52-36-32(50-27(7)43)29(42(10)11)19-23(3)49-36/h14-18,22-26,29-34,36,44,47H,13,19-21H2,1-12H3,(H,41,46)/t22-,23-,24+,25-,26-,29+,30?,31+,32-,33-,34-,36+,38-,39-,40+/m1/s1. The average molecular weight is 749 g/mol. The maximum Gasteiger partial charge on any atom is 0.408 e. The topological polar surface area (TPSA) is 162 Å². The SMILES string of the molecule is CCC1OC(=O)[C@H](C)[C@@H](O)[C@H](C)[C@@H](O[C@@H]2O[C@H](C)C[C@H](N(C)C)[C@H]2OC(C)=O)[C@](C)(OC)C[C@@H](C)[C@@](O)(Cc2ccccc2)[C@H](C)[C@H]2NC(=O)O[C@]12C. The quantitative estimate of drug-likeness (QED) is 0.257. The molecule has 300 valence electrons. The van der Waals surface area contributed by atoms with Gasteiger partial charge in [-0.05, 0) is 72.5 Å². The van der Waals surface area contributed by atoms with Gasteiger partial charge in [0.1, 0.15) is 6.10 Å². The summed E-state index contributed by atoms with van der Waals surface area (Å²) in [5, 5.41) is 28.1. The van der Waals surface area contributed by atoms with Gasteiger partial charge in [-0.25, -0.2) is 4.79 Å². The first-order valence-electron chi connectivity index (χ1n) is 19.1. The third-order valence-corrected chi connectivity index (χ3v) is 12.5. The number of methoxy groups -OCH3 is 1. The van der Waals surface area contributed by atoms with Gasteiger partial charge in [0.15, 0.2) is 18.0 Å². The number of fused-ring (bicyclic) bond motifs is 1. The van der Waals surface area contributed by atoms with E-state index in [1.54, 1.807) is 27.9 Å². The molecule has 3 N–H and O–H groups in total. The average Bonchev–Trinajstić information content (AvgIpc) is 3.42. The van der Waals surface area contributed by atoms with Crippen molar-refractivity contribution in [2.75, 3.05) is 21.2 Å². The molecule has 0 spiro atoms. The number of hydrogen-bond acceptors (Lipinski definition) is 12. The summed E-state index contributed by atoms with van der Waals surface area (Å²) in [4.78, 5) is 41.4. The first kappa shape index (κ1) is 42.9. The van der Waals surface area contributed by atoms with E-state index in [0.717, 1.165) is 5.56 Å². The van der Waals surface area contributed by atoms with Gasteiger partial charge in [0.05, 0.1) is 47.5 Å². The Labute approximate surface area is 315 Å². The van der Waals surface area contributed by atoms with Crippen LogP contribution in [0.2, 0.25) is 0 Å². The Balaban J connectivity index is 1.90. The van der Waals surface area contributed by atoms with Crippen molar-refractivity contribution in [2.24, 2.45) is 23.7 Å². The number of aliphatic hydroxyl groups is 2. The molecule has 3 aliphatic rings. The molecule has 3 heterocycles. The van der Waals surface area contributed by atoms with Crippen LogP contribution in [0.1, 0.15) is 87.1 Å². The zero-order chi connectivity index (χ0) is 39.6. The molecule has 3 saturated heterocycles. The maximum atomic E-state index is 13.9. The molecule has 3 aliphatic heterocycles. The van der Waals surface area contributed by atoms with Crippen LogP contribution in [0.25, 0.3) is 0 Å². The van der Waals surface area contributed by atoms with Crippen molar-refractivity contribution in [2.45, 2.75) is 154 Å². The van der Waals surface area contributed by atoms with Crippen LogP contribution in [-0.4, -0.2) is 120 Å². The molecule has 1 unspecified atom stereocenters. The van der Waals surface area contributed by atoms with E-state index in [0.29, 0.717) is 12.8 Å². The lowest BCUT2D eigenvalue weighted by Crippen LogP contribution is -2.64. The van der Waals surface area contributed by atoms with E-state index in [-0.39, 0.29) is 25.0 Å². The van der Waals surface area contributed by atoms with Crippen LogP contribution in [-0.2, 0) is 44.4 Å². The Morgan fingerprint density at radius 3 is 2.28 bits per heavy atom. The highest BCUT2D eigenvalue weighted by Crippen LogP contribution is 2.46. The molecule has 4 rings (SSSR count). The van der Waals surface area contributed by atoms with Gasteiger partial charge in [0.25, 0.3) is 0 Å². The molecule has 0 saturated carbocycles. The zero-order valence-electron chi connectivity index (χ0n) is 33.7. The van der Waals surface area contributed by atoms with Crippen molar-refractivity contribution in [3.05, 3.63) is 35.9 Å². The third-order valence-electron chi connectivity index (χ3n) is 12.5. The molecule has 15 atom stereocenters. The predicted molar refractivity (Wildman–Crippen MR) is 197 cm³/mol. The molecule has 0 radical (unpaired) electrons. The van der Waals surface area contributed by atoms with Gasteiger partial charge < -0.3 is 48.9 Å². The molecule has 13 nitrogen and oxygen atoms in total.